The third-order valence-corrected chi connectivity index (χ3v) is 6.06. The standard InChI is InChI=1S/C24H36O12/c1-13(2)9-17(27)32-11-24(31)12-33-23(21(24)30)36-20-19(29)18(28)16(10-26)35-22(20)34-15-5-3-14(4-6-15)7-8-25/h3-6,13,16,18-23,25-26,28-31H,7-12H2,1-2H3/t16-,18+,19+,20-,21+,22-,23-,24+/m0/s1. The average molecular weight is 517 g/mol. The summed E-state index contributed by atoms with van der Waals surface area (Å²) in [6.45, 7) is 2.10. The average Bonchev–Trinajstić information content (AvgIpc) is 3.12. The molecule has 2 aliphatic rings. The molecule has 8 atom stereocenters. The number of carbonyl (C=O) groups is 1. The lowest BCUT2D eigenvalue weighted by atomic mass is 9.98. The molecule has 0 amide bonds. The van der Waals surface area contributed by atoms with Crippen molar-refractivity contribution < 1.29 is 59.1 Å². The summed E-state index contributed by atoms with van der Waals surface area (Å²) in [6.07, 6.45) is -9.60. The highest BCUT2D eigenvalue weighted by atomic mass is 16.8. The van der Waals surface area contributed by atoms with Gasteiger partial charge in [0.1, 0.15) is 36.8 Å². The van der Waals surface area contributed by atoms with E-state index in [1.54, 1.807) is 24.3 Å². The maximum absolute atomic E-state index is 11.9. The quantitative estimate of drug-likeness (QED) is 0.187. The van der Waals surface area contributed by atoms with Gasteiger partial charge in [-0.1, -0.05) is 26.0 Å². The van der Waals surface area contributed by atoms with Gasteiger partial charge in [-0.2, -0.15) is 0 Å². The van der Waals surface area contributed by atoms with Crippen molar-refractivity contribution in [3.05, 3.63) is 29.8 Å². The summed E-state index contributed by atoms with van der Waals surface area (Å²) in [5.74, 6) is -0.169. The second-order valence-corrected chi connectivity index (χ2v) is 9.53. The van der Waals surface area contributed by atoms with Crippen LogP contribution < -0.4 is 4.74 Å². The monoisotopic (exact) mass is 516 g/mol. The van der Waals surface area contributed by atoms with Gasteiger partial charge in [0.2, 0.25) is 6.29 Å². The molecule has 12 heteroatoms. The number of hydrogen-bond acceptors (Lipinski definition) is 12. The molecule has 0 aromatic heterocycles. The molecule has 0 saturated carbocycles. The van der Waals surface area contributed by atoms with Crippen LogP contribution >= 0.6 is 0 Å². The van der Waals surface area contributed by atoms with Gasteiger partial charge in [-0.25, -0.2) is 0 Å². The van der Waals surface area contributed by atoms with E-state index < -0.39 is 74.5 Å². The SMILES string of the molecule is CC(C)CC(=O)OC[C@@]1(O)CO[C@@H](O[C@@H]2[C@@H](Oc3ccc(CCO)cc3)O[C@@H](CO)[C@@H](O)[C@H]2O)[C@H]1O. The molecule has 36 heavy (non-hydrogen) atoms. The summed E-state index contributed by atoms with van der Waals surface area (Å²) in [5.41, 5.74) is -1.09. The Kier molecular flexibility index (Phi) is 10.0. The highest BCUT2D eigenvalue weighted by molar-refractivity contribution is 5.69. The van der Waals surface area contributed by atoms with Crippen molar-refractivity contribution in [1.29, 1.82) is 0 Å². The fourth-order valence-corrected chi connectivity index (χ4v) is 3.94. The minimum atomic E-state index is -1.96. The van der Waals surface area contributed by atoms with Crippen molar-refractivity contribution in [3.63, 3.8) is 0 Å². The lowest BCUT2D eigenvalue weighted by molar-refractivity contribution is -0.318. The third-order valence-electron chi connectivity index (χ3n) is 6.06. The number of rotatable bonds is 11. The predicted molar refractivity (Wildman–Crippen MR) is 122 cm³/mol. The Balaban J connectivity index is 1.70. The lowest BCUT2D eigenvalue weighted by Gasteiger charge is -2.42. The largest absolute Gasteiger partial charge is 0.462 e. The number of benzene rings is 1. The molecule has 12 nitrogen and oxygen atoms in total. The van der Waals surface area contributed by atoms with Crippen LogP contribution in [0.4, 0.5) is 0 Å². The Bertz CT molecular complexity index is 833. The van der Waals surface area contributed by atoms with Gasteiger partial charge in [0.05, 0.1) is 13.2 Å². The first-order chi connectivity index (χ1) is 17.1. The van der Waals surface area contributed by atoms with Crippen LogP contribution in [0.15, 0.2) is 24.3 Å². The zero-order valence-electron chi connectivity index (χ0n) is 20.3. The molecular weight excluding hydrogens is 480 g/mol. The van der Waals surface area contributed by atoms with E-state index in [2.05, 4.69) is 0 Å². The van der Waals surface area contributed by atoms with Gasteiger partial charge >= 0.3 is 5.97 Å². The first kappa shape index (κ1) is 28.7. The number of ether oxygens (including phenoxy) is 5. The molecule has 1 aromatic rings. The summed E-state index contributed by atoms with van der Waals surface area (Å²) in [6, 6.07) is 6.68. The minimum absolute atomic E-state index is 0.0168. The van der Waals surface area contributed by atoms with E-state index in [9.17, 15) is 30.3 Å². The Hall–Kier alpha value is -1.87. The van der Waals surface area contributed by atoms with E-state index in [1.807, 2.05) is 13.8 Å². The predicted octanol–water partition coefficient (Wildman–Crippen LogP) is -1.54. The van der Waals surface area contributed by atoms with Crippen molar-refractivity contribution in [2.45, 2.75) is 75.4 Å². The van der Waals surface area contributed by atoms with Crippen LogP contribution in [-0.4, -0.2) is 112 Å². The number of esters is 1. The van der Waals surface area contributed by atoms with E-state index in [4.69, 9.17) is 28.8 Å². The molecule has 0 bridgehead atoms. The molecule has 1 aromatic carbocycles. The van der Waals surface area contributed by atoms with Gasteiger partial charge in [-0.05, 0) is 30.0 Å². The summed E-state index contributed by atoms with van der Waals surface area (Å²) >= 11 is 0. The maximum Gasteiger partial charge on any atom is 0.306 e. The third kappa shape index (κ3) is 6.91. The van der Waals surface area contributed by atoms with Crippen LogP contribution in [0, 0.1) is 5.92 Å². The molecule has 0 unspecified atom stereocenters. The van der Waals surface area contributed by atoms with E-state index >= 15 is 0 Å². The summed E-state index contributed by atoms with van der Waals surface area (Å²) < 4.78 is 27.6. The van der Waals surface area contributed by atoms with Gasteiger partial charge in [0.15, 0.2) is 18.0 Å². The molecule has 2 aliphatic heterocycles. The Morgan fingerprint density at radius 1 is 1.11 bits per heavy atom. The van der Waals surface area contributed by atoms with Crippen molar-refractivity contribution in [2.75, 3.05) is 26.4 Å². The fourth-order valence-electron chi connectivity index (χ4n) is 3.94. The second-order valence-electron chi connectivity index (χ2n) is 9.53. The summed E-state index contributed by atoms with van der Waals surface area (Å²) in [4.78, 5) is 11.9. The Morgan fingerprint density at radius 3 is 2.42 bits per heavy atom. The molecule has 0 spiro atoms. The zero-order chi connectivity index (χ0) is 26.5. The van der Waals surface area contributed by atoms with Gasteiger partial charge < -0.3 is 54.3 Å². The highest BCUT2D eigenvalue weighted by Crippen LogP contribution is 2.32. The first-order valence-electron chi connectivity index (χ1n) is 11.9. The van der Waals surface area contributed by atoms with Crippen LogP contribution in [0.5, 0.6) is 5.75 Å². The molecule has 2 fully saturated rings. The van der Waals surface area contributed by atoms with Gasteiger partial charge in [0.25, 0.3) is 0 Å². The molecule has 0 radical (unpaired) electrons. The first-order valence-corrected chi connectivity index (χ1v) is 11.9. The van der Waals surface area contributed by atoms with Gasteiger partial charge in [0, 0.05) is 13.0 Å². The van der Waals surface area contributed by atoms with E-state index in [1.165, 1.54) is 0 Å². The van der Waals surface area contributed by atoms with Crippen LogP contribution in [0.1, 0.15) is 25.8 Å². The zero-order valence-corrected chi connectivity index (χ0v) is 20.3. The van der Waals surface area contributed by atoms with Crippen LogP contribution in [0.25, 0.3) is 0 Å². The smallest absolute Gasteiger partial charge is 0.306 e. The number of aliphatic hydroxyl groups excluding tert-OH is 5. The fraction of sp³-hybridized carbons (Fsp3) is 0.708. The number of aliphatic hydroxyl groups is 6. The molecule has 2 saturated heterocycles. The van der Waals surface area contributed by atoms with Gasteiger partial charge in [-0.15, -0.1) is 0 Å². The maximum atomic E-state index is 11.9. The molecule has 2 heterocycles. The Morgan fingerprint density at radius 2 is 1.81 bits per heavy atom. The van der Waals surface area contributed by atoms with Crippen LogP contribution in [0.2, 0.25) is 0 Å². The Labute approximate surface area is 208 Å². The highest BCUT2D eigenvalue weighted by Gasteiger charge is 2.54. The molecular formula is C24H36O12. The van der Waals surface area contributed by atoms with E-state index in [0.29, 0.717) is 12.2 Å². The molecule has 3 rings (SSSR count). The topological polar surface area (TPSA) is 185 Å². The molecule has 204 valence electrons. The molecule has 0 aliphatic carbocycles. The van der Waals surface area contributed by atoms with Crippen molar-refractivity contribution in [2.24, 2.45) is 5.92 Å². The number of carbonyl (C=O) groups excluding carboxylic acids is 1. The summed E-state index contributed by atoms with van der Waals surface area (Å²) in [5, 5.41) is 61.1. The minimum Gasteiger partial charge on any atom is -0.462 e. The van der Waals surface area contributed by atoms with Crippen LogP contribution in [-0.2, 0) is 30.2 Å². The van der Waals surface area contributed by atoms with E-state index in [-0.39, 0.29) is 18.9 Å². The summed E-state index contributed by atoms with van der Waals surface area (Å²) in [7, 11) is 0. The van der Waals surface area contributed by atoms with Gasteiger partial charge in [-0.3, -0.25) is 4.79 Å². The van der Waals surface area contributed by atoms with Crippen molar-refractivity contribution in [1.82, 2.24) is 0 Å². The second kappa shape index (κ2) is 12.6. The van der Waals surface area contributed by atoms with E-state index in [0.717, 1.165) is 5.56 Å². The molecule has 6 N–H and O–H groups in total. The normalized spacial score (nSPS) is 34.6. The number of hydrogen-bond donors (Lipinski definition) is 6. The van der Waals surface area contributed by atoms with Crippen molar-refractivity contribution in [3.8, 4) is 5.75 Å². The van der Waals surface area contributed by atoms with Crippen molar-refractivity contribution >= 4 is 5.97 Å². The lowest BCUT2D eigenvalue weighted by Crippen LogP contribution is -2.62. The van der Waals surface area contributed by atoms with Crippen LogP contribution in [0.3, 0.4) is 0 Å².